The molecule has 1 heterocycles. The Morgan fingerprint density at radius 2 is 1.94 bits per heavy atom. The molecule has 2 aliphatic carbocycles. The molecule has 2 saturated carbocycles. The maximum absolute atomic E-state index is 14.3. The summed E-state index contributed by atoms with van der Waals surface area (Å²) in [5, 5.41) is 15.2. The third-order valence-electron chi connectivity index (χ3n) is 6.72. The van der Waals surface area contributed by atoms with Crippen molar-refractivity contribution in [2.75, 3.05) is 20.1 Å². The number of piperidine rings is 1. The lowest BCUT2D eigenvalue weighted by Crippen LogP contribution is -2.63. The Morgan fingerprint density at radius 3 is 2.50 bits per heavy atom. The van der Waals surface area contributed by atoms with Crippen LogP contribution >= 0.6 is 0 Å². The van der Waals surface area contributed by atoms with Crippen LogP contribution in [0.15, 0.2) is 18.2 Å². The first-order valence-corrected chi connectivity index (χ1v) is 11.2. The van der Waals surface area contributed by atoms with E-state index in [2.05, 4.69) is 15.4 Å². The number of likely N-dealkylation sites (tertiary alicyclic amines) is 1. The highest BCUT2D eigenvalue weighted by molar-refractivity contribution is 5.76. The predicted molar refractivity (Wildman–Crippen MR) is 112 cm³/mol. The fourth-order valence-corrected chi connectivity index (χ4v) is 5.20. The van der Waals surface area contributed by atoms with Crippen LogP contribution in [0, 0.1) is 11.2 Å². The van der Waals surface area contributed by atoms with Gasteiger partial charge in [-0.2, -0.15) is 0 Å². The predicted octanol–water partition coefficient (Wildman–Crippen LogP) is 2.95. The Balaban J connectivity index is 1.44. The van der Waals surface area contributed by atoms with Gasteiger partial charge in [-0.25, -0.2) is 14.0 Å². The molecule has 3 aliphatic rings. The first-order chi connectivity index (χ1) is 16.0. The summed E-state index contributed by atoms with van der Waals surface area (Å²) in [4.78, 5) is 28.9. The Bertz CT molecular complexity index is 934. The highest BCUT2D eigenvalue weighted by Crippen LogP contribution is 2.49. The number of hydrogen-bond donors (Lipinski definition) is 3. The molecule has 1 atom stereocenters. The van der Waals surface area contributed by atoms with Gasteiger partial charge >= 0.3 is 18.4 Å². The molecule has 1 aromatic carbocycles. The standard InChI is InChI=1S/C22H28F4N4O4/c1-27-19(32)29-11-15(7-21(12-29)8-16(31)9-21)30(14-3-4-14)20(33)28-10-13-2-5-17(6-18(13)23)34-22(24,25)26/h2,5-6,14-16,31H,3-4,7-12H2,1H3,(H,27,32)(H,28,33)/t15-,16?,21?/m1/s1. The largest absolute Gasteiger partial charge is 0.573 e. The number of aliphatic hydroxyl groups is 1. The zero-order valence-electron chi connectivity index (χ0n) is 18.7. The van der Waals surface area contributed by atoms with E-state index in [0.717, 1.165) is 25.0 Å². The van der Waals surface area contributed by atoms with Gasteiger partial charge in [-0.05, 0) is 43.6 Å². The summed E-state index contributed by atoms with van der Waals surface area (Å²) in [6.45, 7) is 0.646. The number of benzene rings is 1. The molecule has 1 saturated heterocycles. The second-order valence-electron chi connectivity index (χ2n) is 9.45. The molecule has 4 amide bonds. The number of halogens is 4. The number of nitrogens with zero attached hydrogens (tertiary/aromatic N) is 2. The minimum atomic E-state index is -4.93. The van der Waals surface area contributed by atoms with Gasteiger partial charge in [0.25, 0.3) is 0 Å². The molecule has 188 valence electrons. The zero-order chi connectivity index (χ0) is 24.7. The summed E-state index contributed by atoms with van der Waals surface area (Å²) >= 11 is 0. The van der Waals surface area contributed by atoms with E-state index in [-0.39, 0.29) is 35.6 Å². The minimum Gasteiger partial charge on any atom is -0.406 e. The van der Waals surface area contributed by atoms with Crippen molar-refractivity contribution in [3.05, 3.63) is 29.6 Å². The van der Waals surface area contributed by atoms with Gasteiger partial charge in [-0.15, -0.1) is 13.2 Å². The van der Waals surface area contributed by atoms with E-state index in [9.17, 15) is 32.3 Å². The molecular weight excluding hydrogens is 460 g/mol. The van der Waals surface area contributed by atoms with Gasteiger partial charge in [0.1, 0.15) is 11.6 Å². The highest BCUT2D eigenvalue weighted by Gasteiger charge is 2.52. The van der Waals surface area contributed by atoms with Crippen molar-refractivity contribution < 1.29 is 37.0 Å². The summed E-state index contributed by atoms with van der Waals surface area (Å²) in [5.41, 5.74) is -0.226. The van der Waals surface area contributed by atoms with E-state index in [0.29, 0.717) is 38.4 Å². The topological polar surface area (TPSA) is 94.1 Å². The molecule has 0 aromatic heterocycles. The number of hydrogen-bond acceptors (Lipinski definition) is 4. The summed E-state index contributed by atoms with van der Waals surface area (Å²) in [6, 6.07) is 1.83. The lowest BCUT2D eigenvalue weighted by molar-refractivity contribution is -0.274. The second kappa shape index (κ2) is 9.12. The molecule has 0 bridgehead atoms. The van der Waals surface area contributed by atoms with E-state index in [1.807, 2.05) is 0 Å². The first-order valence-electron chi connectivity index (χ1n) is 11.2. The normalized spacial score (nSPS) is 26.6. The Hall–Kier alpha value is -2.76. The van der Waals surface area contributed by atoms with Crippen LogP contribution in [0.4, 0.5) is 27.2 Å². The number of aliphatic hydroxyl groups excluding tert-OH is 1. The molecule has 1 aliphatic heterocycles. The second-order valence-corrected chi connectivity index (χ2v) is 9.45. The Labute approximate surface area is 194 Å². The Kier molecular flexibility index (Phi) is 6.54. The van der Waals surface area contributed by atoms with Crippen molar-refractivity contribution in [1.82, 2.24) is 20.4 Å². The summed E-state index contributed by atoms with van der Waals surface area (Å²) in [7, 11) is 1.54. The van der Waals surface area contributed by atoms with Crippen LogP contribution in [-0.2, 0) is 6.54 Å². The smallest absolute Gasteiger partial charge is 0.406 e. The molecule has 1 spiro atoms. The first kappa shape index (κ1) is 24.4. The van der Waals surface area contributed by atoms with Crippen molar-refractivity contribution in [2.24, 2.45) is 5.41 Å². The van der Waals surface area contributed by atoms with Gasteiger partial charge < -0.3 is 30.3 Å². The number of urea groups is 2. The number of alkyl halides is 3. The highest BCUT2D eigenvalue weighted by atomic mass is 19.4. The van der Waals surface area contributed by atoms with Crippen LogP contribution in [0.5, 0.6) is 5.75 Å². The van der Waals surface area contributed by atoms with Gasteiger partial charge in [0.15, 0.2) is 0 Å². The summed E-state index contributed by atoms with van der Waals surface area (Å²) < 4.78 is 55.0. The third-order valence-corrected chi connectivity index (χ3v) is 6.72. The van der Waals surface area contributed by atoms with Crippen LogP contribution in [-0.4, -0.2) is 71.7 Å². The van der Waals surface area contributed by atoms with Crippen molar-refractivity contribution in [2.45, 2.75) is 63.2 Å². The fourth-order valence-electron chi connectivity index (χ4n) is 5.20. The number of nitrogens with one attached hydrogen (secondary N) is 2. The van der Waals surface area contributed by atoms with Gasteiger partial charge in [0.05, 0.1) is 12.1 Å². The van der Waals surface area contributed by atoms with Crippen molar-refractivity contribution in [1.29, 1.82) is 0 Å². The van der Waals surface area contributed by atoms with E-state index >= 15 is 0 Å². The van der Waals surface area contributed by atoms with Crippen LogP contribution in [0.2, 0.25) is 0 Å². The number of rotatable bonds is 5. The Morgan fingerprint density at radius 1 is 1.24 bits per heavy atom. The molecule has 12 heteroatoms. The van der Waals surface area contributed by atoms with Gasteiger partial charge in [-0.3, -0.25) is 0 Å². The molecular formula is C22H28F4N4O4. The number of ether oxygens (including phenoxy) is 1. The molecule has 4 rings (SSSR count). The average molecular weight is 488 g/mol. The molecule has 34 heavy (non-hydrogen) atoms. The van der Waals surface area contributed by atoms with Gasteiger partial charge in [0.2, 0.25) is 0 Å². The van der Waals surface area contributed by atoms with Crippen LogP contribution in [0.3, 0.4) is 0 Å². The molecule has 3 fully saturated rings. The van der Waals surface area contributed by atoms with E-state index in [1.165, 1.54) is 0 Å². The average Bonchev–Trinajstić information content (AvgIpc) is 3.55. The van der Waals surface area contributed by atoms with Crippen LogP contribution in [0.25, 0.3) is 0 Å². The van der Waals surface area contributed by atoms with Gasteiger partial charge in [-0.1, -0.05) is 6.07 Å². The fraction of sp³-hybridized carbons (Fsp3) is 0.636. The van der Waals surface area contributed by atoms with Crippen molar-refractivity contribution in [3.8, 4) is 5.75 Å². The maximum atomic E-state index is 14.3. The molecule has 0 unspecified atom stereocenters. The molecule has 3 N–H and O–H groups in total. The lowest BCUT2D eigenvalue weighted by atomic mass is 9.61. The zero-order valence-corrected chi connectivity index (χ0v) is 18.7. The van der Waals surface area contributed by atoms with Crippen LogP contribution < -0.4 is 15.4 Å². The molecule has 0 radical (unpaired) electrons. The van der Waals surface area contributed by atoms with E-state index in [1.54, 1.807) is 16.8 Å². The SMILES string of the molecule is CNC(=O)N1C[C@H](N(C(=O)NCc2ccc(OC(F)(F)F)cc2F)C2CC2)CC2(CC(O)C2)C1. The van der Waals surface area contributed by atoms with E-state index < -0.39 is 30.1 Å². The lowest BCUT2D eigenvalue weighted by Gasteiger charge is -2.55. The van der Waals surface area contributed by atoms with E-state index in [4.69, 9.17) is 0 Å². The maximum Gasteiger partial charge on any atom is 0.573 e. The monoisotopic (exact) mass is 488 g/mol. The number of carbonyl (C=O) groups is 2. The van der Waals surface area contributed by atoms with Crippen LogP contribution in [0.1, 0.15) is 37.7 Å². The summed E-state index contributed by atoms with van der Waals surface area (Å²) in [5.74, 6) is -1.60. The van der Waals surface area contributed by atoms with Gasteiger partial charge in [0, 0.05) is 44.4 Å². The van der Waals surface area contributed by atoms with Crippen molar-refractivity contribution in [3.63, 3.8) is 0 Å². The van der Waals surface area contributed by atoms with Crippen molar-refractivity contribution >= 4 is 12.1 Å². The number of carbonyl (C=O) groups excluding carboxylic acids is 2. The quantitative estimate of drug-likeness (QED) is 0.556. The molecule has 8 nitrogen and oxygen atoms in total. The number of amides is 4. The summed E-state index contributed by atoms with van der Waals surface area (Å²) in [6.07, 6.45) is -1.93. The minimum absolute atomic E-state index is 0.00379. The molecule has 1 aromatic rings. The third kappa shape index (κ3) is 5.48.